The molecule has 2 nitrogen and oxygen atoms in total. The molecule has 0 bridgehead atoms. The van der Waals surface area contributed by atoms with Gasteiger partial charge in [-0.05, 0) is 31.9 Å². The maximum atomic E-state index is 5.88. The molecule has 0 unspecified atom stereocenters. The molecular formula is C20H25NO. The van der Waals surface area contributed by atoms with Gasteiger partial charge in [-0.2, -0.15) is 0 Å². The third-order valence-corrected chi connectivity index (χ3v) is 4.53. The molecule has 1 saturated heterocycles. The Morgan fingerprint density at radius 1 is 0.909 bits per heavy atom. The normalized spacial score (nSPS) is 20.8. The Labute approximate surface area is 133 Å². The van der Waals surface area contributed by atoms with E-state index >= 15 is 0 Å². The monoisotopic (exact) mass is 295 g/mol. The average molecular weight is 295 g/mol. The lowest BCUT2D eigenvalue weighted by Gasteiger charge is -2.29. The van der Waals surface area contributed by atoms with Gasteiger partial charge in [0.05, 0.1) is 5.60 Å². The number of epoxide rings is 1. The minimum absolute atomic E-state index is 0.0189. The topological polar surface area (TPSA) is 15.8 Å². The first-order chi connectivity index (χ1) is 10.6. The van der Waals surface area contributed by atoms with Crippen molar-refractivity contribution in [2.75, 3.05) is 0 Å². The van der Waals surface area contributed by atoms with Crippen LogP contribution < -0.4 is 0 Å². The van der Waals surface area contributed by atoms with E-state index in [1.807, 2.05) is 0 Å². The first-order valence-electron chi connectivity index (χ1n) is 8.06. The fourth-order valence-electron chi connectivity index (χ4n) is 3.14. The summed E-state index contributed by atoms with van der Waals surface area (Å²) in [7, 11) is 0. The lowest BCUT2D eigenvalue weighted by Crippen LogP contribution is -2.37. The second kappa shape index (κ2) is 6.23. The predicted molar refractivity (Wildman–Crippen MR) is 90.5 cm³/mol. The van der Waals surface area contributed by atoms with Crippen molar-refractivity contribution in [2.45, 2.75) is 51.6 Å². The van der Waals surface area contributed by atoms with E-state index in [9.17, 15) is 0 Å². The summed E-state index contributed by atoms with van der Waals surface area (Å²) in [5.41, 5.74) is 2.72. The first kappa shape index (κ1) is 15.3. The van der Waals surface area contributed by atoms with Crippen molar-refractivity contribution in [3.8, 4) is 0 Å². The summed E-state index contributed by atoms with van der Waals surface area (Å²) in [5, 5.41) is 0. The molecule has 116 valence electrons. The molecule has 2 aromatic rings. The molecule has 1 fully saturated rings. The van der Waals surface area contributed by atoms with Crippen molar-refractivity contribution in [3.63, 3.8) is 0 Å². The van der Waals surface area contributed by atoms with E-state index in [1.54, 1.807) is 0 Å². The summed E-state index contributed by atoms with van der Waals surface area (Å²) in [4.78, 5) is 2.52. The van der Waals surface area contributed by atoms with Crippen LogP contribution in [0.15, 0.2) is 60.7 Å². The van der Waals surface area contributed by atoms with E-state index in [0.717, 1.165) is 13.1 Å². The van der Waals surface area contributed by atoms with Crippen LogP contribution in [0.25, 0.3) is 0 Å². The highest BCUT2D eigenvalue weighted by Gasteiger charge is 2.52. The van der Waals surface area contributed by atoms with Crippen LogP contribution >= 0.6 is 0 Å². The van der Waals surface area contributed by atoms with Gasteiger partial charge < -0.3 is 4.74 Å². The Balaban J connectivity index is 1.76. The zero-order valence-electron chi connectivity index (χ0n) is 13.7. The summed E-state index contributed by atoms with van der Waals surface area (Å²) >= 11 is 0. The molecule has 0 spiro atoms. The van der Waals surface area contributed by atoms with E-state index in [-0.39, 0.29) is 5.60 Å². The lowest BCUT2D eigenvalue weighted by atomic mass is 10.0. The zero-order chi connectivity index (χ0) is 15.6. The van der Waals surface area contributed by atoms with Crippen LogP contribution in [0.4, 0.5) is 0 Å². The Morgan fingerprint density at radius 3 is 1.68 bits per heavy atom. The highest BCUT2D eigenvalue weighted by Crippen LogP contribution is 2.40. The predicted octanol–water partition coefficient (Wildman–Crippen LogP) is 4.25. The molecule has 2 heteroatoms. The summed E-state index contributed by atoms with van der Waals surface area (Å²) in [6.07, 6.45) is 0.319. The number of ether oxygens (including phenoxy) is 1. The molecule has 0 aliphatic carbocycles. The van der Waals surface area contributed by atoms with E-state index in [1.165, 1.54) is 11.1 Å². The zero-order valence-corrected chi connectivity index (χ0v) is 13.7. The Bertz CT molecular complexity index is 552. The van der Waals surface area contributed by atoms with Crippen molar-refractivity contribution < 1.29 is 4.74 Å². The number of benzene rings is 2. The van der Waals surface area contributed by atoms with Gasteiger partial charge in [0.1, 0.15) is 6.10 Å². The van der Waals surface area contributed by atoms with Gasteiger partial charge in [0, 0.05) is 19.1 Å². The number of hydrogen-bond acceptors (Lipinski definition) is 2. The molecule has 0 aromatic heterocycles. The van der Waals surface area contributed by atoms with Crippen LogP contribution in [-0.2, 0) is 17.8 Å². The highest BCUT2D eigenvalue weighted by atomic mass is 16.6. The second-order valence-electron chi connectivity index (χ2n) is 6.76. The quantitative estimate of drug-likeness (QED) is 0.740. The van der Waals surface area contributed by atoms with E-state index < -0.39 is 0 Å². The molecule has 0 saturated carbocycles. The summed E-state index contributed by atoms with van der Waals surface area (Å²) in [6, 6.07) is 21.8. The van der Waals surface area contributed by atoms with E-state index in [0.29, 0.717) is 12.1 Å². The molecule has 3 rings (SSSR count). The van der Waals surface area contributed by atoms with Crippen LogP contribution in [-0.4, -0.2) is 22.6 Å². The van der Waals surface area contributed by atoms with Crippen LogP contribution in [0.1, 0.15) is 31.9 Å². The number of rotatable bonds is 6. The molecule has 0 radical (unpaired) electrons. The second-order valence-corrected chi connectivity index (χ2v) is 6.76. The Kier molecular flexibility index (Phi) is 4.32. The molecular weight excluding hydrogens is 270 g/mol. The summed E-state index contributed by atoms with van der Waals surface area (Å²) in [5.74, 6) is 0. The minimum atomic E-state index is 0.0189. The van der Waals surface area contributed by atoms with Gasteiger partial charge in [0.2, 0.25) is 0 Å². The van der Waals surface area contributed by atoms with Gasteiger partial charge in [0.15, 0.2) is 0 Å². The summed E-state index contributed by atoms with van der Waals surface area (Å²) in [6.45, 7) is 8.54. The van der Waals surface area contributed by atoms with Gasteiger partial charge in [-0.25, -0.2) is 0 Å². The molecule has 1 aliphatic rings. The van der Waals surface area contributed by atoms with Crippen LogP contribution in [0.2, 0.25) is 0 Å². The largest absolute Gasteiger partial charge is 0.365 e. The van der Waals surface area contributed by atoms with E-state index in [2.05, 4.69) is 86.3 Å². The lowest BCUT2D eigenvalue weighted by molar-refractivity contribution is 0.157. The number of hydrogen-bond donors (Lipinski definition) is 0. The third kappa shape index (κ3) is 3.57. The summed E-state index contributed by atoms with van der Waals surface area (Å²) < 4.78 is 5.88. The van der Waals surface area contributed by atoms with Gasteiger partial charge in [-0.3, -0.25) is 4.90 Å². The fourth-order valence-corrected chi connectivity index (χ4v) is 3.14. The van der Waals surface area contributed by atoms with Crippen molar-refractivity contribution in [3.05, 3.63) is 71.8 Å². The fraction of sp³-hybridized carbons (Fsp3) is 0.400. The Morgan fingerprint density at radius 2 is 1.32 bits per heavy atom. The van der Waals surface area contributed by atoms with Gasteiger partial charge >= 0.3 is 0 Å². The molecule has 0 N–H and O–H groups in total. The molecule has 1 heterocycles. The smallest absolute Gasteiger partial charge is 0.102 e. The number of nitrogens with zero attached hydrogens (tertiary/aromatic N) is 1. The first-order valence-corrected chi connectivity index (χ1v) is 8.06. The maximum absolute atomic E-state index is 5.88. The molecule has 22 heavy (non-hydrogen) atoms. The van der Waals surface area contributed by atoms with Gasteiger partial charge in [-0.1, -0.05) is 60.7 Å². The molecule has 2 atom stereocenters. The van der Waals surface area contributed by atoms with Gasteiger partial charge in [-0.15, -0.1) is 0 Å². The molecule has 1 aliphatic heterocycles. The highest BCUT2D eigenvalue weighted by molar-refractivity contribution is 5.18. The van der Waals surface area contributed by atoms with Crippen molar-refractivity contribution in [1.82, 2.24) is 4.90 Å². The van der Waals surface area contributed by atoms with Gasteiger partial charge in [0.25, 0.3) is 0 Å². The van der Waals surface area contributed by atoms with Crippen LogP contribution in [0, 0.1) is 0 Å². The average Bonchev–Trinajstić information content (AvgIpc) is 3.17. The molecule has 0 amide bonds. The van der Waals surface area contributed by atoms with Crippen LogP contribution in [0.5, 0.6) is 0 Å². The SMILES string of the molecule is C[C@H]([C@@H]1OC1(C)C)N(Cc1ccccc1)Cc1ccccc1. The van der Waals surface area contributed by atoms with E-state index in [4.69, 9.17) is 4.74 Å². The minimum Gasteiger partial charge on any atom is -0.365 e. The van der Waals surface area contributed by atoms with Crippen molar-refractivity contribution in [1.29, 1.82) is 0 Å². The third-order valence-electron chi connectivity index (χ3n) is 4.53. The molecule has 2 aromatic carbocycles. The maximum Gasteiger partial charge on any atom is 0.102 e. The van der Waals surface area contributed by atoms with Crippen molar-refractivity contribution in [2.24, 2.45) is 0 Å². The Hall–Kier alpha value is -1.64. The van der Waals surface area contributed by atoms with Crippen LogP contribution in [0.3, 0.4) is 0 Å². The van der Waals surface area contributed by atoms with Crippen molar-refractivity contribution >= 4 is 0 Å². The standard InChI is InChI=1S/C20H25NO/c1-16(19-20(2,3)22-19)21(14-17-10-6-4-7-11-17)15-18-12-8-5-9-13-18/h4-13,16,19H,14-15H2,1-3H3/t16-,19+/m1/s1.